The summed E-state index contributed by atoms with van der Waals surface area (Å²) < 4.78 is 39.9. The second-order valence-corrected chi connectivity index (χ2v) is 9.31. The lowest BCUT2D eigenvalue weighted by Crippen LogP contribution is -2.26. The van der Waals surface area contributed by atoms with Gasteiger partial charge in [0.1, 0.15) is 0 Å². The second kappa shape index (κ2) is 10.4. The van der Waals surface area contributed by atoms with Crippen LogP contribution in [0.3, 0.4) is 0 Å². The monoisotopic (exact) mass is 498 g/mol. The van der Waals surface area contributed by atoms with E-state index in [1.807, 2.05) is 0 Å². The summed E-state index contributed by atoms with van der Waals surface area (Å²) in [6.45, 7) is 1.77. The number of halogens is 4. The number of amides is 2. The van der Waals surface area contributed by atoms with E-state index in [0.717, 1.165) is 12.1 Å². The van der Waals surface area contributed by atoms with Gasteiger partial charge in [0, 0.05) is 15.6 Å². The van der Waals surface area contributed by atoms with E-state index in [1.165, 1.54) is 29.2 Å². The molecule has 0 saturated heterocycles. The number of carbonyl (C=O) groups is 2. The van der Waals surface area contributed by atoms with Crippen LogP contribution in [0.15, 0.2) is 64.9 Å². The fourth-order valence-corrected chi connectivity index (χ4v) is 4.61. The molecule has 2 aromatic carbocycles. The van der Waals surface area contributed by atoms with Crippen LogP contribution in [0.1, 0.15) is 28.6 Å². The first-order valence-electron chi connectivity index (χ1n) is 9.46. The summed E-state index contributed by atoms with van der Waals surface area (Å²) in [7, 11) is 0. The van der Waals surface area contributed by atoms with Gasteiger partial charge in [-0.2, -0.15) is 13.2 Å². The molecule has 0 fully saturated rings. The van der Waals surface area contributed by atoms with Crippen LogP contribution in [0.4, 0.5) is 24.5 Å². The van der Waals surface area contributed by atoms with Crippen molar-refractivity contribution >= 4 is 57.9 Å². The normalized spacial score (nSPS) is 12.3. The Balaban J connectivity index is 1.72. The lowest BCUT2D eigenvalue weighted by Gasteiger charge is -2.18. The first-order valence-corrected chi connectivity index (χ1v) is 11.6. The van der Waals surface area contributed by atoms with Gasteiger partial charge in [0.25, 0.3) is 5.91 Å². The first kappa shape index (κ1) is 24.2. The zero-order valence-electron chi connectivity index (χ0n) is 16.7. The summed E-state index contributed by atoms with van der Waals surface area (Å²) in [4.78, 5) is 26.2. The lowest BCUT2D eigenvalue weighted by molar-refractivity contribution is -0.137. The van der Waals surface area contributed by atoms with Crippen molar-refractivity contribution in [2.75, 3.05) is 10.6 Å². The Hall–Kier alpha value is -2.49. The molecule has 1 heterocycles. The van der Waals surface area contributed by atoms with Crippen molar-refractivity contribution < 1.29 is 22.8 Å². The molecular formula is C22H18ClF3N2O2S2. The molecule has 0 radical (unpaired) electrons. The Bertz CT molecular complexity index is 1100. The summed E-state index contributed by atoms with van der Waals surface area (Å²) in [6.07, 6.45) is -4.27. The van der Waals surface area contributed by atoms with Crippen molar-refractivity contribution in [2.24, 2.45) is 0 Å². The van der Waals surface area contributed by atoms with Crippen molar-refractivity contribution in [2.45, 2.75) is 29.7 Å². The zero-order valence-corrected chi connectivity index (χ0v) is 19.1. The molecule has 2 amide bonds. The standard InChI is InChI=1S/C22H18ClF3N2O2S2/c1-2-18(20(29)28-17-9-8-13(23)11-16(17)22(24,25)26)32-15-6-3-5-14(12-15)27-21(30)19-7-4-10-31-19/h3-12,18H,2H2,1H3,(H,27,30)(H,28,29). The number of hydrogen-bond donors (Lipinski definition) is 2. The molecule has 0 aliphatic carbocycles. The van der Waals surface area contributed by atoms with Gasteiger partial charge in [0.2, 0.25) is 5.91 Å². The number of rotatable bonds is 7. The van der Waals surface area contributed by atoms with Crippen molar-refractivity contribution in [1.29, 1.82) is 0 Å². The van der Waals surface area contributed by atoms with E-state index in [-0.39, 0.29) is 16.6 Å². The van der Waals surface area contributed by atoms with Gasteiger partial charge >= 0.3 is 6.18 Å². The molecule has 4 nitrogen and oxygen atoms in total. The predicted molar refractivity (Wildman–Crippen MR) is 124 cm³/mol. The molecule has 3 aromatic rings. The molecule has 0 aliphatic rings. The van der Waals surface area contributed by atoms with Crippen LogP contribution in [0, 0.1) is 0 Å². The molecule has 0 bridgehead atoms. The van der Waals surface area contributed by atoms with Crippen LogP contribution < -0.4 is 10.6 Å². The fraction of sp³-hybridized carbons (Fsp3) is 0.182. The molecule has 1 aromatic heterocycles. The summed E-state index contributed by atoms with van der Waals surface area (Å²) in [6, 6.07) is 13.6. The molecule has 0 saturated carbocycles. The Morgan fingerprint density at radius 2 is 1.88 bits per heavy atom. The fourth-order valence-electron chi connectivity index (χ4n) is 2.81. The summed E-state index contributed by atoms with van der Waals surface area (Å²) in [5, 5.41) is 6.26. The molecule has 168 valence electrons. The van der Waals surface area contributed by atoms with E-state index in [4.69, 9.17) is 11.6 Å². The Morgan fingerprint density at radius 1 is 1.09 bits per heavy atom. The van der Waals surface area contributed by atoms with E-state index in [9.17, 15) is 22.8 Å². The van der Waals surface area contributed by atoms with Gasteiger partial charge in [0.05, 0.1) is 21.4 Å². The van der Waals surface area contributed by atoms with Gasteiger partial charge in [-0.1, -0.05) is 30.7 Å². The Kier molecular flexibility index (Phi) is 7.86. The third kappa shape index (κ3) is 6.27. The average molecular weight is 499 g/mol. The average Bonchev–Trinajstić information content (AvgIpc) is 3.28. The maximum Gasteiger partial charge on any atom is 0.418 e. The molecule has 2 N–H and O–H groups in total. The first-order chi connectivity index (χ1) is 15.2. The number of anilines is 2. The van der Waals surface area contributed by atoms with Gasteiger partial charge in [-0.15, -0.1) is 23.1 Å². The highest BCUT2D eigenvalue weighted by atomic mass is 35.5. The molecule has 0 aliphatic heterocycles. The second-order valence-electron chi connectivity index (χ2n) is 6.65. The minimum Gasteiger partial charge on any atom is -0.325 e. The third-order valence-corrected chi connectivity index (χ3v) is 6.79. The van der Waals surface area contributed by atoms with Crippen LogP contribution in [-0.4, -0.2) is 17.1 Å². The van der Waals surface area contributed by atoms with Crippen LogP contribution in [0.25, 0.3) is 0 Å². The van der Waals surface area contributed by atoms with Crippen molar-refractivity contribution in [3.63, 3.8) is 0 Å². The van der Waals surface area contributed by atoms with Gasteiger partial charge in [-0.25, -0.2) is 0 Å². The van der Waals surface area contributed by atoms with E-state index in [1.54, 1.807) is 48.7 Å². The van der Waals surface area contributed by atoms with Crippen LogP contribution >= 0.6 is 34.7 Å². The zero-order chi connectivity index (χ0) is 23.3. The maximum atomic E-state index is 13.3. The topological polar surface area (TPSA) is 58.2 Å². The molecule has 1 unspecified atom stereocenters. The molecule has 1 atom stereocenters. The number of thioether (sulfide) groups is 1. The number of carbonyl (C=O) groups excluding carboxylic acids is 2. The maximum absolute atomic E-state index is 13.3. The minimum absolute atomic E-state index is 0.0712. The lowest BCUT2D eigenvalue weighted by atomic mass is 10.1. The van der Waals surface area contributed by atoms with Crippen LogP contribution in [-0.2, 0) is 11.0 Å². The minimum atomic E-state index is -4.66. The van der Waals surface area contributed by atoms with Crippen molar-refractivity contribution in [3.05, 3.63) is 75.4 Å². The van der Waals surface area contributed by atoms with E-state index < -0.39 is 22.9 Å². The number of thiophene rings is 1. The molecular weight excluding hydrogens is 481 g/mol. The van der Waals surface area contributed by atoms with Gasteiger partial charge in [-0.05, 0) is 54.3 Å². The summed E-state index contributed by atoms with van der Waals surface area (Å²) in [5.41, 5.74) is -0.792. The summed E-state index contributed by atoms with van der Waals surface area (Å²) >= 11 is 8.22. The SMILES string of the molecule is CCC(Sc1cccc(NC(=O)c2cccs2)c1)C(=O)Nc1ccc(Cl)cc1C(F)(F)F. The predicted octanol–water partition coefficient (Wildman–Crippen LogP) is 7.18. The third-order valence-electron chi connectivity index (χ3n) is 4.32. The van der Waals surface area contributed by atoms with E-state index in [0.29, 0.717) is 21.9 Å². The highest BCUT2D eigenvalue weighted by Crippen LogP contribution is 2.37. The Labute approximate surface area is 196 Å². The van der Waals surface area contributed by atoms with Crippen molar-refractivity contribution in [1.82, 2.24) is 0 Å². The highest BCUT2D eigenvalue weighted by molar-refractivity contribution is 8.00. The van der Waals surface area contributed by atoms with Crippen LogP contribution in [0.2, 0.25) is 5.02 Å². The van der Waals surface area contributed by atoms with Crippen molar-refractivity contribution in [3.8, 4) is 0 Å². The number of alkyl halides is 3. The molecule has 32 heavy (non-hydrogen) atoms. The van der Waals surface area contributed by atoms with E-state index in [2.05, 4.69) is 10.6 Å². The molecule has 0 spiro atoms. The highest BCUT2D eigenvalue weighted by Gasteiger charge is 2.34. The van der Waals surface area contributed by atoms with Crippen LogP contribution in [0.5, 0.6) is 0 Å². The number of nitrogens with one attached hydrogen (secondary N) is 2. The quantitative estimate of drug-likeness (QED) is 0.339. The smallest absolute Gasteiger partial charge is 0.325 e. The van der Waals surface area contributed by atoms with E-state index >= 15 is 0 Å². The molecule has 10 heteroatoms. The Morgan fingerprint density at radius 3 is 2.53 bits per heavy atom. The van der Waals surface area contributed by atoms with Gasteiger partial charge in [0.15, 0.2) is 0 Å². The van der Waals surface area contributed by atoms with Gasteiger partial charge in [-0.3, -0.25) is 9.59 Å². The number of benzene rings is 2. The summed E-state index contributed by atoms with van der Waals surface area (Å²) in [5.74, 6) is -0.798. The number of hydrogen-bond acceptors (Lipinski definition) is 4. The largest absolute Gasteiger partial charge is 0.418 e. The van der Waals surface area contributed by atoms with Gasteiger partial charge < -0.3 is 10.6 Å². The molecule has 3 rings (SSSR count).